The van der Waals surface area contributed by atoms with E-state index in [4.69, 9.17) is 16.8 Å². The highest BCUT2D eigenvalue weighted by molar-refractivity contribution is 7.15. The van der Waals surface area contributed by atoms with Gasteiger partial charge in [-0.25, -0.2) is 9.97 Å². The van der Waals surface area contributed by atoms with E-state index in [-0.39, 0.29) is 16.4 Å². The number of carbonyl (C=O) groups is 1. The smallest absolute Gasteiger partial charge is 0.411 e. The number of hydrogen-bond acceptors (Lipinski definition) is 6. The molecule has 0 saturated heterocycles. The minimum Gasteiger partial charge on any atom is -0.411 e. The van der Waals surface area contributed by atoms with Crippen LogP contribution in [-0.4, -0.2) is 26.8 Å². The molecule has 122 valence electrons. The Morgan fingerprint density at radius 3 is 2.70 bits per heavy atom. The van der Waals surface area contributed by atoms with Gasteiger partial charge in [-0.2, -0.15) is 13.2 Å². The number of carbonyl (C=O) groups excluding carboxylic acids is 1. The fraction of sp³-hybridized carbons (Fsp3) is 0.167. The fourth-order valence-corrected chi connectivity index (χ4v) is 2.45. The number of oxime groups is 1. The Bertz CT molecular complexity index is 776. The molecule has 6 nitrogen and oxygen atoms in total. The lowest BCUT2D eigenvalue weighted by Crippen LogP contribution is -2.13. The average Bonchev–Trinajstić information content (AvgIpc) is 2.97. The Kier molecular flexibility index (Phi) is 4.85. The van der Waals surface area contributed by atoms with E-state index < -0.39 is 22.7 Å². The van der Waals surface area contributed by atoms with Crippen LogP contribution in [-0.2, 0) is 6.18 Å². The molecule has 0 fully saturated rings. The van der Waals surface area contributed by atoms with Gasteiger partial charge in [0, 0.05) is 6.20 Å². The van der Waals surface area contributed by atoms with E-state index in [0.29, 0.717) is 11.1 Å². The van der Waals surface area contributed by atoms with Gasteiger partial charge in [0.1, 0.15) is 21.4 Å². The first-order chi connectivity index (χ1) is 10.7. The van der Waals surface area contributed by atoms with E-state index in [0.717, 1.165) is 17.5 Å². The summed E-state index contributed by atoms with van der Waals surface area (Å²) in [7, 11) is 0. The number of amides is 1. The van der Waals surface area contributed by atoms with Gasteiger partial charge in [-0.05, 0) is 13.0 Å². The second-order valence-corrected chi connectivity index (χ2v) is 5.65. The minimum absolute atomic E-state index is 0.119. The van der Waals surface area contributed by atoms with Crippen molar-refractivity contribution in [3.8, 4) is 0 Å². The third kappa shape index (κ3) is 3.96. The molecule has 0 aliphatic carbocycles. The van der Waals surface area contributed by atoms with Crippen molar-refractivity contribution in [1.29, 1.82) is 0 Å². The van der Waals surface area contributed by atoms with Crippen LogP contribution in [0.3, 0.4) is 0 Å². The fourth-order valence-electron chi connectivity index (χ4n) is 1.49. The summed E-state index contributed by atoms with van der Waals surface area (Å²) < 4.78 is 38.3. The maximum atomic E-state index is 12.8. The third-order valence-electron chi connectivity index (χ3n) is 2.59. The SMILES string of the molecule is C/C(=N\O)c1ncc(C(=O)Nc2cc(C(F)(F)F)c(Cl)cn2)s1. The van der Waals surface area contributed by atoms with Crippen molar-refractivity contribution in [2.75, 3.05) is 5.32 Å². The molecular weight excluding hydrogens is 357 g/mol. The van der Waals surface area contributed by atoms with E-state index >= 15 is 0 Å². The van der Waals surface area contributed by atoms with Crippen LogP contribution in [0, 0.1) is 0 Å². The van der Waals surface area contributed by atoms with Crippen LogP contribution >= 0.6 is 22.9 Å². The molecule has 11 heteroatoms. The molecule has 2 aromatic rings. The third-order valence-corrected chi connectivity index (χ3v) is 4.00. The number of nitrogens with zero attached hydrogens (tertiary/aromatic N) is 3. The molecule has 2 N–H and O–H groups in total. The molecule has 0 saturated carbocycles. The molecule has 2 rings (SSSR count). The summed E-state index contributed by atoms with van der Waals surface area (Å²) in [5.41, 5.74) is -0.893. The molecule has 0 spiro atoms. The second-order valence-electron chi connectivity index (χ2n) is 4.22. The first-order valence-electron chi connectivity index (χ1n) is 5.91. The van der Waals surface area contributed by atoms with Crippen LogP contribution in [0.4, 0.5) is 19.0 Å². The highest BCUT2D eigenvalue weighted by Gasteiger charge is 2.34. The standard InChI is InChI=1S/C12H8ClF3N4O2S/c1-5(20-22)11-18-4-8(23-11)10(21)19-9-2-6(12(14,15)16)7(13)3-17-9/h2-4,22H,1H3,(H,17,19,21)/b20-5+. The van der Waals surface area contributed by atoms with Crippen LogP contribution in [0.2, 0.25) is 5.02 Å². The zero-order valence-electron chi connectivity index (χ0n) is 11.3. The second kappa shape index (κ2) is 6.50. The molecule has 0 radical (unpaired) electrons. The predicted octanol–water partition coefficient (Wildman–Crippen LogP) is 3.66. The molecule has 2 aromatic heterocycles. The number of anilines is 1. The van der Waals surface area contributed by atoms with Crippen molar-refractivity contribution < 1.29 is 23.2 Å². The van der Waals surface area contributed by atoms with Crippen LogP contribution in [0.1, 0.15) is 27.2 Å². The summed E-state index contributed by atoms with van der Waals surface area (Å²) in [5, 5.41) is 13.5. The Balaban J connectivity index is 2.22. The van der Waals surface area contributed by atoms with Crippen LogP contribution in [0.15, 0.2) is 23.6 Å². The Labute approximate surface area is 136 Å². The topological polar surface area (TPSA) is 87.5 Å². The van der Waals surface area contributed by atoms with Crippen LogP contribution < -0.4 is 5.32 Å². The van der Waals surface area contributed by atoms with Gasteiger partial charge in [0.25, 0.3) is 5.91 Å². The van der Waals surface area contributed by atoms with E-state index in [2.05, 4.69) is 20.4 Å². The van der Waals surface area contributed by atoms with Crippen molar-refractivity contribution in [1.82, 2.24) is 9.97 Å². The van der Waals surface area contributed by atoms with Crippen molar-refractivity contribution >= 4 is 40.4 Å². The van der Waals surface area contributed by atoms with Gasteiger partial charge < -0.3 is 10.5 Å². The van der Waals surface area contributed by atoms with Crippen LogP contribution in [0.5, 0.6) is 0 Å². The number of rotatable bonds is 3. The van der Waals surface area contributed by atoms with Gasteiger partial charge in [0.05, 0.1) is 16.8 Å². The summed E-state index contributed by atoms with van der Waals surface area (Å²) >= 11 is 6.36. The van der Waals surface area contributed by atoms with Crippen LogP contribution in [0.25, 0.3) is 0 Å². The summed E-state index contributed by atoms with van der Waals surface area (Å²) in [4.78, 5) is 19.6. The summed E-state index contributed by atoms with van der Waals surface area (Å²) in [6.45, 7) is 1.48. The van der Waals surface area contributed by atoms with E-state index in [1.165, 1.54) is 13.1 Å². The minimum atomic E-state index is -4.66. The number of halogens is 4. The molecule has 0 aliphatic rings. The van der Waals surface area contributed by atoms with E-state index in [1.54, 1.807) is 0 Å². The molecule has 0 aromatic carbocycles. The molecule has 0 aliphatic heterocycles. The normalized spacial score (nSPS) is 12.3. The summed E-state index contributed by atoms with van der Waals surface area (Å²) in [6.07, 6.45) is -2.64. The van der Waals surface area contributed by atoms with Gasteiger partial charge >= 0.3 is 6.18 Å². The van der Waals surface area contributed by atoms with Gasteiger partial charge in [-0.1, -0.05) is 16.8 Å². The predicted molar refractivity (Wildman–Crippen MR) is 78.3 cm³/mol. The molecular formula is C12H8ClF3N4O2S. The Hall–Kier alpha value is -2.20. The van der Waals surface area contributed by atoms with E-state index in [1.807, 2.05) is 0 Å². The lowest BCUT2D eigenvalue weighted by molar-refractivity contribution is -0.137. The van der Waals surface area contributed by atoms with Crippen molar-refractivity contribution in [2.45, 2.75) is 13.1 Å². The number of aromatic nitrogens is 2. The number of alkyl halides is 3. The highest BCUT2D eigenvalue weighted by Crippen LogP contribution is 2.35. The number of hydrogen-bond donors (Lipinski definition) is 2. The lowest BCUT2D eigenvalue weighted by Gasteiger charge is -2.10. The van der Waals surface area contributed by atoms with Crippen molar-refractivity contribution in [2.24, 2.45) is 5.16 Å². The summed E-state index contributed by atoms with van der Waals surface area (Å²) in [6, 6.07) is 0.641. The van der Waals surface area contributed by atoms with Gasteiger partial charge in [0.15, 0.2) is 0 Å². The first kappa shape index (κ1) is 17.2. The van der Waals surface area contributed by atoms with Crippen molar-refractivity contribution in [3.63, 3.8) is 0 Å². The largest absolute Gasteiger partial charge is 0.418 e. The van der Waals surface area contributed by atoms with Gasteiger partial charge in [-0.3, -0.25) is 4.79 Å². The van der Waals surface area contributed by atoms with E-state index in [9.17, 15) is 18.0 Å². The lowest BCUT2D eigenvalue weighted by atomic mass is 10.2. The van der Waals surface area contributed by atoms with Gasteiger partial charge in [0.2, 0.25) is 0 Å². The average molecular weight is 365 g/mol. The monoisotopic (exact) mass is 364 g/mol. The first-order valence-corrected chi connectivity index (χ1v) is 7.10. The Morgan fingerprint density at radius 1 is 1.39 bits per heavy atom. The summed E-state index contributed by atoms with van der Waals surface area (Å²) in [5.74, 6) is -0.989. The molecule has 0 bridgehead atoms. The number of pyridine rings is 1. The Morgan fingerprint density at radius 2 is 2.09 bits per heavy atom. The quantitative estimate of drug-likeness (QED) is 0.494. The molecule has 0 unspecified atom stereocenters. The van der Waals surface area contributed by atoms with Crippen molar-refractivity contribution in [3.05, 3.63) is 38.9 Å². The zero-order valence-corrected chi connectivity index (χ0v) is 12.9. The van der Waals surface area contributed by atoms with Gasteiger partial charge in [-0.15, -0.1) is 11.3 Å². The molecule has 0 atom stereocenters. The number of thiazole rings is 1. The zero-order chi connectivity index (χ0) is 17.2. The maximum Gasteiger partial charge on any atom is 0.418 e. The number of nitrogens with one attached hydrogen (secondary N) is 1. The molecule has 2 heterocycles. The highest BCUT2D eigenvalue weighted by atomic mass is 35.5. The molecule has 23 heavy (non-hydrogen) atoms. The maximum absolute atomic E-state index is 12.8. The molecule has 1 amide bonds.